The standard InChI is InChI=1S/C22H26N2O4/c1-15-6-5-7-16(2)24(15)20(25)14-28-21(26)13-23-22(27)19-11-10-17-8-3-4-9-18(17)12-19/h3-4,8-12,15-16H,5-7,13-14H2,1-2H3,(H,23,27). The van der Waals surface area contributed by atoms with Crippen molar-refractivity contribution in [3.63, 3.8) is 0 Å². The molecule has 0 saturated carbocycles. The highest BCUT2D eigenvalue weighted by Crippen LogP contribution is 2.22. The lowest BCUT2D eigenvalue weighted by Crippen LogP contribution is -2.49. The van der Waals surface area contributed by atoms with E-state index in [1.807, 2.05) is 44.2 Å². The van der Waals surface area contributed by atoms with Gasteiger partial charge in [-0.15, -0.1) is 0 Å². The van der Waals surface area contributed by atoms with Gasteiger partial charge in [-0.2, -0.15) is 0 Å². The summed E-state index contributed by atoms with van der Waals surface area (Å²) in [5, 5.41) is 4.54. The van der Waals surface area contributed by atoms with E-state index < -0.39 is 5.97 Å². The zero-order chi connectivity index (χ0) is 20.1. The zero-order valence-electron chi connectivity index (χ0n) is 16.3. The van der Waals surface area contributed by atoms with Crippen molar-refractivity contribution < 1.29 is 19.1 Å². The van der Waals surface area contributed by atoms with Gasteiger partial charge < -0.3 is 15.0 Å². The average molecular weight is 382 g/mol. The fourth-order valence-corrected chi connectivity index (χ4v) is 3.77. The van der Waals surface area contributed by atoms with E-state index in [1.54, 1.807) is 17.0 Å². The maximum absolute atomic E-state index is 12.4. The fourth-order valence-electron chi connectivity index (χ4n) is 3.77. The summed E-state index contributed by atoms with van der Waals surface area (Å²) in [5.41, 5.74) is 0.471. The summed E-state index contributed by atoms with van der Waals surface area (Å²) in [6.45, 7) is 3.46. The molecule has 28 heavy (non-hydrogen) atoms. The molecule has 3 rings (SSSR count). The van der Waals surface area contributed by atoms with Crippen LogP contribution in [-0.2, 0) is 14.3 Å². The van der Waals surface area contributed by atoms with Crippen LogP contribution < -0.4 is 5.32 Å². The van der Waals surface area contributed by atoms with Crippen LogP contribution in [0.2, 0.25) is 0 Å². The van der Waals surface area contributed by atoms with E-state index >= 15 is 0 Å². The van der Waals surface area contributed by atoms with Gasteiger partial charge >= 0.3 is 5.97 Å². The Bertz CT molecular complexity index is 870. The van der Waals surface area contributed by atoms with Crippen molar-refractivity contribution in [3.05, 3.63) is 48.0 Å². The number of amides is 2. The van der Waals surface area contributed by atoms with Gasteiger partial charge in [-0.1, -0.05) is 30.3 Å². The molecule has 2 aromatic rings. The molecule has 6 heteroatoms. The van der Waals surface area contributed by atoms with Gasteiger partial charge in [0.2, 0.25) is 0 Å². The molecule has 6 nitrogen and oxygen atoms in total. The first-order chi connectivity index (χ1) is 13.5. The molecule has 0 spiro atoms. The number of esters is 1. The number of nitrogens with one attached hydrogen (secondary N) is 1. The molecule has 2 amide bonds. The second kappa shape index (κ2) is 8.87. The molecule has 0 aliphatic carbocycles. The number of piperidine rings is 1. The lowest BCUT2D eigenvalue weighted by atomic mass is 9.97. The monoisotopic (exact) mass is 382 g/mol. The Hall–Kier alpha value is -2.89. The summed E-state index contributed by atoms with van der Waals surface area (Å²) in [7, 11) is 0. The number of fused-ring (bicyclic) bond motifs is 1. The maximum Gasteiger partial charge on any atom is 0.325 e. The third-order valence-corrected chi connectivity index (χ3v) is 5.24. The quantitative estimate of drug-likeness (QED) is 0.807. The number of carbonyl (C=O) groups excluding carboxylic acids is 3. The van der Waals surface area contributed by atoms with E-state index in [4.69, 9.17) is 4.74 Å². The summed E-state index contributed by atoms with van der Waals surface area (Å²) in [5.74, 6) is -1.17. The Balaban J connectivity index is 1.48. The molecule has 1 fully saturated rings. The number of carbonyl (C=O) groups is 3. The summed E-state index contributed by atoms with van der Waals surface area (Å²) in [6, 6.07) is 13.4. The number of likely N-dealkylation sites (tertiary alicyclic amines) is 1. The zero-order valence-corrected chi connectivity index (χ0v) is 16.3. The van der Waals surface area contributed by atoms with Crippen molar-refractivity contribution in [1.29, 1.82) is 0 Å². The summed E-state index contributed by atoms with van der Waals surface area (Å²) >= 11 is 0. The highest BCUT2D eigenvalue weighted by atomic mass is 16.5. The minimum absolute atomic E-state index is 0.155. The van der Waals surface area contributed by atoms with E-state index in [0.717, 1.165) is 30.0 Å². The van der Waals surface area contributed by atoms with Crippen LogP contribution in [0.5, 0.6) is 0 Å². The smallest absolute Gasteiger partial charge is 0.325 e. The Morgan fingerprint density at radius 1 is 1.04 bits per heavy atom. The van der Waals surface area contributed by atoms with Gasteiger partial charge in [-0.05, 0) is 56.0 Å². The van der Waals surface area contributed by atoms with E-state index in [9.17, 15) is 14.4 Å². The molecule has 1 heterocycles. The highest BCUT2D eigenvalue weighted by Gasteiger charge is 2.29. The van der Waals surface area contributed by atoms with Crippen LogP contribution in [0.3, 0.4) is 0 Å². The first-order valence-electron chi connectivity index (χ1n) is 9.69. The van der Waals surface area contributed by atoms with Crippen molar-refractivity contribution in [2.75, 3.05) is 13.2 Å². The molecule has 0 radical (unpaired) electrons. The second-order valence-electron chi connectivity index (χ2n) is 7.34. The predicted molar refractivity (Wildman–Crippen MR) is 107 cm³/mol. The molecule has 1 aliphatic rings. The molecule has 2 aromatic carbocycles. The molecule has 1 N–H and O–H groups in total. The average Bonchev–Trinajstić information content (AvgIpc) is 2.70. The van der Waals surface area contributed by atoms with Gasteiger partial charge in [0.15, 0.2) is 6.61 Å². The van der Waals surface area contributed by atoms with Crippen LogP contribution in [0.1, 0.15) is 43.5 Å². The number of hydrogen-bond acceptors (Lipinski definition) is 4. The lowest BCUT2D eigenvalue weighted by molar-refractivity contribution is -0.154. The fraction of sp³-hybridized carbons (Fsp3) is 0.409. The topological polar surface area (TPSA) is 75.7 Å². The van der Waals surface area contributed by atoms with Crippen LogP contribution in [-0.4, -0.2) is 47.9 Å². The van der Waals surface area contributed by atoms with Crippen molar-refractivity contribution in [2.24, 2.45) is 0 Å². The van der Waals surface area contributed by atoms with Crippen LogP contribution in [0.15, 0.2) is 42.5 Å². The molecule has 2 atom stereocenters. The van der Waals surface area contributed by atoms with Crippen molar-refractivity contribution in [2.45, 2.75) is 45.2 Å². The number of nitrogens with zero attached hydrogens (tertiary/aromatic N) is 1. The molecule has 0 bridgehead atoms. The third kappa shape index (κ3) is 4.68. The maximum atomic E-state index is 12.4. The molecule has 148 valence electrons. The Labute approximate surface area is 164 Å². The van der Waals surface area contributed by atoms with Crippen LogP contribution in [0.25, 0.3) is 10.8 Å². The minimum Gasteiger partial charge on any atom is -0.454 e. The van der Waals surface area contributed by atoms with Crippen LogP contribution in [0, 0.1) is 0 Å². The largest absolute Gasteiger partial charge is 0.454 e. The van der Waals surface area contributed by atoms with Crippen molar-refractivity contribution >= 4 is 28.6 Å². The van der Waals surface area contributed by atoms with Crippen LogP contribution >= 0.6 is 0 Å². The number of hydrogen-bond donors (Lipinski definition) is 1. The highest BCUT2D eigenvalue weighted by molar-refractivity contribution is 5.99. The van der Waals surface area contributed by atoms with Crippen molar-refractivity contribution in [1.82, 2.24) is 10.2 Å². The van der Waals surface area contributed by atoms with E-state index in [-0.39, 0.29) is 37.0 Å². The first-order valence-corrected chi connectivity index (χ1v) is 9.69. The normalized spacial score (nSPS) is 19.3. The van der Waals surface area contributed by atoms with Crippen molar-refractivity contribution in [3.8, 4) is 0 Å². The van der Waals surface area contributed by atoms with Gasteiger partial charge in [-0.25, -0.2) is 0 Å². The van der Waals surface area contributed by atoms with E-state index in [1.165, 1.54) is 0 Å². The first kappa shape index (κ1) is 19.9. The number of ether oxygens (including phenoxy) is 1. The Kier molecular flexibility index (Phi) is 6.29. The van der Waals surface area contributed by atoms with Gasteiger partial charge in [0.05, 0.1) is 0 Å². The van der Waals surface area contributed by atoms with Crippen LogP contribution in [0.4, 0.5) is 0 Å². The third-order valence-electron chi connectivity index (χ3n) is 5.24. The molecule has 1 saturated heterocycles. The molecular weight excluding hydrogens is 356 g/mol. The Morgan fingerprint density at radius 2 is 1.71 bits per heavy atom. The van der Waals surface area contributed by atoms with Gasteiger partial charge in [0.25, 0.3) is 11.8 Å². The predicted octanol–water partition coefficient (Wildman–Crippen LogP) is 2.90. The SMILES string of the molecule is CC1CCCC(C)N1C(=O)COC(=O)CNC(=O)c1ccc2ccccc2c1. The van der Waals surface area contributed by atoms with Gasteiger partial charge in [0.1, 0.15) is 6.54 Å². The number of benzene rings is 2. The Morgan fingerprint density at radius 3 is 2.43 bits per heavy atom. The molecule has 1 aliphatic heterocycles. The number of rotatable bonds is 5. The van der Waals surface area contributed by atoms with E-state index in [2.05, 4.69) is 5.32 Å². The van der Waals surface area contributed by atoms with E-state index in [0.29, 0.717) is 5.56 Å². The summed E-state index contributed by atoms with van der Waals surface area (Å²) in [6.07, 6.45) is 3.03. The van der Waals surface area contributed by atoms with Gasteiger partial charge in [-0.3, -0.25) is 14.4 Å². The minimum atomic E-state index is -0.625. The lowest BCUT2D eigenvalue weighted by Gasteiger charge is -2.38. The molecule has 0 aromatic heterocycles. The molecular formula is C22H26N2O4. The van der Waals surface area contributed by atoms with Gasteiger partial charge in [0, 0.05) is 17.6 Å². The summed E-state index contributed by atoms with van der Waals surface area (Å²) < 4.78 is 5.07. The summed E-state index contributed by atoms with van der Waals surface area (Å²) in [4.78, 5) is 38.4. The molecule has 2 unspecified atom stereocenters. The second-order valence-corrected chi connectivity index (χ2v) is 7.34.